The third-order valence-corrected chi connectivity index (χ3v) is 3.77. The maximum absolute atomic E-state index is 10.8. The molecule has 0 aromatic heterocycles. The van der Waals surface area contributed by atoms with Crippen molar-refractivity contribution in [1.29, 1.82) is 0 Å². The lowest BCUT2D eigenvalue weighted by Crippen LogP contribution is -2.37. The monoisotopic (exact) mass is 254 g/mol. The van der Waals surface area contributed by atoms with Crippen LogP contribution in [0.2, 0.25) is 0 Å². The summed E-state index contributed by atoms with van der Waals surface area (Å²) in [5.41, 5.74) is 6.20. The van der Waals surface area contributed by atoms with Gasteiger partial charge in [-0.3, -0.25) is 10.1 Å². The van der Waals surface area contributed by atoms with E-state index in [1.165, 1.54) is 17.8 Å². The van der Waals surface area contributed by atoms with Gasteiger partial charge in [0, 0.05) is 17.9 Å². The minimum Gasteiger partial charge on any atom is -0.326 e. The molecule has 1 aromatic carbocycles. The Balaban J connectivity index is 2.73. The van der Waals surface area contributed by atoms with Gasteiger partial charge in [-0.15, -0.1) is 11.8 Å². The van der Waals surface area contributed by atoms with Gasteiger partial charge in [0.1, 0.15) is 0 Å². The van der Waals surface area contributed by atoms with Crippen molar-refractivity contribution < 1.29 is 4.92 Å². The topological polar surface area (TPSA) is 69.2 Å². The van der Waals surface area contributed by atoms with Gasteiger partial charge in [0.25, 0.3) is 5.69 Å². The molecule has 5 heteroatoms. The molecule has 4 nitrogen and oxygen atoms in total. The first-order chi connectivity index (χ1) is 7.82. The van der Waals surface area contributed by atoms with Crippen LogP contribution in [0.5, 0.6) is 0 Å². The minimum absolute atomic E-state index is 0.00677. The van der Waals surface area contributed by atoms with E-state index in [2.05, 4.69) is 20.8 Å². The van der Waals surface area contributed by atoms with Crippen LogP contribution >= 0.6 is 11.8 Å². The third kappa shape index (κ3) is 4.02. The Morgan fingerprint density at radius 2 is 2.00 bits per heavy atom. The Morgan fingerprint density at radius 3 is 2.53 bits per heavy atom. The Kier molecular flexibility index (Phi) is 4.54. The van der Waals surface area contributed by atoms with Crippen molar-refractivity contribution >= 4 is 17.4 Å². The first-order valence-electron chi connectivity index (χ1n) is 5.44. The number of thioether (sulfide) groups is 1. The van der Waals surface area contributed by atoms with Crippen LogP contribution < -0.4 is 5.73 Å². The molecule has 0 aliphatic carbocycles. The predicted molar refractivity (Wildman–Crippen MR) is 71.3 cm³/mol. The van der Waals surface area contributed by atoms with Crippen molar-refractivity contribution in [3.05, 3.63) is 34.4 Å². The van der Waals surface area contributed by atoms with Crippen molar-refractivity contribution in [3.63, 3.8) is 0 Å². The number of benzene rings is 1. The van der Waals surface area contributed by atoms with Crippen molar-refractivity contribution in [1.82, 2.24) is 0 Å². The molecule has 0 saturated heterocycles. The molecule has 0 aliphatic rings. The largest absolute Gasteiger partial charge is 0.326 e. The first-order valence-corrected chi connectivity index (χ1v) is 6.42. The quantitative estimate of drug-likeness (QED) is 0.509. The number of nitrogens with zero attached hydrogens (tertiary/aromatic N) is 1. The summed E-state index contributed by atoms with van der Waals surface area (Å²) in [7, 11) is 0. The zero-order valence-corrected chi connectivity index (χ0v) is 11.2. The van der Waals surface area contributed by atoms with Crippen LogP contribution in [-0.2, 0) is 0 Å². The SMILES string of the molecule is CC(C)(C)C(N)CSc1ccccc1[N+](=O)[O-]. The average molecular weight is 254 g/mol. The summed E-state index contributed by atoms with van der Waals surface area (Å²) in [4.78, 5) is 11.1. The van der Waals surface area contributed by atoms with E-state index in [0.29, 0.717) is 10.6 Å². The standard InChI is InChI=1S/C12H18N2O2S/c1-12(2,3)11(13)8-17-10-7-5-4-6-9(10)14(15)16/h4-7,11H,8,13H2,1-3H3. The summed E-state index contributed by atoms with van der Waals surface area (Å²) in [6.45, 7) is 6.20. The van der Waals surface area contributed by atoms with Gasteiger partial charge < -0.3 is 5.73 Å². The minimum atomic E-state index is -0.356. The van der Waals surface area contributed by atoms with Gasteiger partial charge in [-0.2, -0.15) is 0 Å². The van der Waals surface area contributed by atoms with Gasteiger partial charge in [-0.25, -0.2) is 0 Å². The summed E-state index contributed by atoms with van der Waals surface area (Å²) in [5.74, 6) is 0.675. The van der Waals surface area contributed by atoms with Crippen LogP contribution in [0.15, 0.2) is 29.2 Å². The normalized spacial score (nSPS) is 13.4. The van der Waals surface area contributed by atoms with Gasteiger partial charge >= 0.3 is 0 Å². The van der Waals surface area contributed by atoms with E-state index in [-0.39, 0.29) is 22.1 Å². The molecule has 1 unspecified atom stereocenters. The maximum Gasteiger partial charge on any atom is 0.282 e. The van der Waals surface area contributed by atoms with E-state index >= 15 is 0 Å². The highest BCUT2D eigenvalue weighted by Crippen LogP contribution is 2.31. The lowest BCUT2D eigenvalue weighted by Gasteiger charge is -2.26. The summed E-state index contributed by atoms with van der Waals surface area (Å²) in [6.07, 6.45) is 0. The molecule has 94 valence electrons. The Morgan fingerprint density at radius 1 is 1.41 bits per heavy atom. The maximum atomic E-state index is 10.8. The van der Waals surface area contributed by atoms with Gasteiger partial charge in [-0.05, 0) is 11.5 Å². The number of nitrogens with two attached hydrogens (primary N) is 1. The van der Waals surface area contributed by atoms with E-state index in [1.54, 1.807) is 18.2 Å². The first kappa shape index (κ1) is 14.0. The zero-order valence-electron chi connectivity index (χ0n) is 10.3. The van der Waals surface area contributed by atoms with Gasteiger partial charge in [0.15, 0.2) is 0 Å². The molecule has 0 aliphatic heterocycles. The summed E-state index contributed by atoms with van der Waals surface area (Å²) in [5, 5.41) is 10.8. The van der Waals surface area contributed by atoms with Crippen LogP contribution in [-0.4, -0.2) is 16.7 Å². The molecule has 0 fully saturated rings. The number of nitro groups is 1. The van der Waals surface area contributed by atoms with Crippen LogP contribution in [0, 0.1) is 15.5 Å². The fourth-order valence-electron chi connectivity index (χ4n) is 1.16. The highest BCUT2D eigenvalue weighted by Gasteiger charge is 2.22. The highest BCUT2D eigenvalue weighted by atomic mass is 32.2. The van der Waals surface area contributed by atoms with E-state index in [4.69, 9.17) is 5.73 Å². The molecule has 0 radical (unpaired) electrons. The Labute approximate surface area is 106 Å². The van der Waals surface area contributed by atoms with Crippen LogP contribution in [0.4, 0.5) is 5.69 Å². The number of hydrogen-bond donors (Lipinski definition) is 1. The Bertz CT molecular complexity index is 402. The van der Waals surface area contributed by atoms with Crippen molar-refractivity contribution in [2.75, 3.05) is 5.75 Å². The Hall–Kier alpha value is -1.07. The van der Waals surface area contributed by atoms with Crippen LogP contribution in [0.3, 0.4) is 0 Å². The van der Waals surface area contributed by atoms with Gasteiger partial charge in [-0.1, -0.05) is 32.9 Å². The third-order valence-electron chi connectivity index (χ3n) is 2.59. The smallest absolute Gasteiger partial charge is 0.282 e. The van der Waals surface area contributed by atoms with Crippen molar-refractivity contribution in [3.8, 4) is 0 Å². The molecule has 1 atom stereocenters. The molecular formula is C12H18N2O2S. The van der Waals surface area contributed by atoms with Crippen LogP contribution in [0.1, 0.15) is 20.8 Å². The summed E-state index contributed by atoms with van der Waals surface area (Å²) < 4.78 is 0. The molecule has 0 bridgehead atoms. The molecule has 0 amide bonds. The molecule has 0 saturated carbocycles. The second-order valence-electron chi connectivity index (χ2n) is 5.01. The molecule has 0 heterocycles. The van der Waals surface area contributed by atoms with E-state index in [1.807, 2.05) is 0 Å². The number of nitro benzene ring substituents is 1. The summed E-state index contributed by atoms with van der Waals surface area (Å²) in [6, 6.07) is 6.76. The second-order valence-corrected chi connectivity index (χ2v) is 6.07. The molecular weight excluding hydrogens is 236 g/mol. The number of rotatable bonds is 4. The van der Waals surface area contributed by atoms with E-state index in [0.717, 1.165) is 0 Å². The van der Waals surface area contributed by atoms with Crippen molar-refractivity contribution in [2.24, 2.45) is 11.1 Å². The van der Waals surface area contributed by atoms with E-state index < -0.39 is 0 Å². The predicted octanol–water partition coefficient (Wildman–Crippen LogP) is 3.06. The average Bonchev–Trinajstić information content (AvgIpc) is 2.24. The number of para-hydroxylation sites is 1. The molecule has 2 N–H and O–H groups in total. The second kappa shape index (κ2) is 5.51. The molecule has 0 spiro atoms. The molecule has 1 rings (SSSR count). The summed E-state index contributed by atoms with van der Waals surface area (Å²) >= 11 is 1.44. The molecule has 1 aromatic rings. The van der Waals surface area contributed by atoms with Gasteiger partial charge in [0.2, 0.25) is 0 Å². The lowest BCUT2D eigenvalue weighted by atomic mass is 9.89. The fourth-order valence-corrected chi connectivity index (χ4v) is 2.48. The van der Waals surface area contributed by atoms with Crippen molar-refractivity contribution in [2.45, 2.75) is 31.7 Å². The number of hydrogen-bond acceptors (Lipinski definition) is 4. The molecule has 17 heavy (non-hydrogen) atoms. The lowest BCUT2D eigenvalue weighted by molar-refractivity contribution is -0.387. The van der Waals surface area contributed by atoms with Crippen LogP contribution in [0.25, 0.3) is 0 Å². The van der Waals surface area contributed by atoms with Gasteiger partial charge in [0.05, 0.1) is 9.82 Å². The van der Waals surface area contributed by atoms with E-state index in [9.17, 15) is 10.1 Å². The highest BCUT2D eigenvalue weighted by molar-refractivity contribution is 7.99. The zero-order chi connectivity index (χ0) is 13.1. The fraction of sp³-hybridized carbons (Fsp3) is 0.500.